The van der Waals surface area contributed by atoms with Crippen LogP contribution >= 0.6 is 0 Å². The first-order valence-corrected chi connectivity index (χ1v) is 9.18. The Morgan fingerprint density at radius 1 is 1.04 bits per heavy atom. The Morgan fingerprint density at radius 2 is 1.73 bits per heavy atom. The van der Waals surface area contributed by atoms with E-state index in [1.165, 1.54) is 0 Å². The highest BCUT2D eigenvalue weighted by atomic mass is 16.5. The lowest BCUT2D eigenvalue weighted by atomic mass is 10.1. The molecule has 0 saturated heterocycles. The van der Waals surface area contributed by atoms with Gasteiger partial charge in [-0.1, -0.05) is 55.3 Å². The van der Waals surface area contributed by atoms with E-state index in [4.69, 9.17) is 4.74 Å². The normalized spacial score (nSPS) is 15.5. The van der Waals surface area contributed by atoms with Crippen LogP contribution in [0.3, 0.4) is 0 Å². The van der Waals surface area contributed by atoms with E-state index in [1.807, 2.05) is 62.4 Å². The lowest BCUT2D eigenvalue weighted by Crippen LogP contribution is -2.28. The minimum Gasteiger partial charge on any atom is -0.447 e. The third kappa shape index (κ3) is 4.31. The van der Waals surface area contributed by atoms with E-state index in [0.29, 0.717) is 5.56 Å². The summed E-state index contributed by atoms with van der Waals surface area (Å²) in [5, 5.41) is 2.93. The molecular formula is C22H25NO3. The molecule has 4 heteroatoms. The average molecular weight is 351 g/mol. The largest absolute Gasteiger partial charge is 0.447 e. The van der Waals surface area contributed by atoms with Gasteiger partial charge in [0.15, 0.2) is 0 Å². The maximum atomic E-state index is 12.9. The lowest BCUT2D eigenvalue weighted by Gasteiger charge is -2.20. The number of amides is 1. The van der Waals surface area contributed by atoms with E-state index in [9.17, 15) is 9.59 Å². The standard InChI is InChI=1S/C22H25NO3/c1-15-12-13-16(2)19(14-15)23-21(24)20(17-8-4-3-5-9-17)26-22(25)18-10-6-7-11-18/h3-5,8-9,12-14,18,20H,6-7,10-11H2,1-2H3,(H,23,24)/t20-/m0/s1. The first kappa shape index (κ1) is 18.2. The second-order valence-electron chi connectivity index (χ2n) is 7.02. The molecule has 1 amide bonds. The molecule has 0 radical (unpaired) electrons. The Kier molecular flexibility index (Phi) is 5.71. The molecule has 0 bridgehead atoms. The van der Waals surface area contributed by atoms with Gasteiger partial charge in [0.1, 0.15) is 0 Å². The Hall–Kier alpha value is -2.62. The minimum absolute atomic E-state index is 0.0882. The molecule has 136 valence electrons. The SMILES string of the molecule is Cc1ccc(C)c(NC(=O)[C@@H](OC(=O)C2CCCC2)c2ccccc2)c1. The highest BCUT2D eigenvalue weighted by Crippen LogP contribution is 2.29. The Balaban J connectivity index is 1.81. The van der Waals surface area contributed by atoms with E-state index in [2.05, 4.69) is 5.32 Å². The van der Waals surface area contributed by atoms with Crippen LogP contribution in [-0.4, -0.2) is 11.9 Å². The van der Waals surface area contributed by atoms with Crippen molar-refractivity contribution in [2.75, 3.05) is 5.32 Å². The van der Waals surface area contributed by atoms with Crippen molar-refractivity contribution >= 4 is 17.6 Å². The fourth-order valence-electron chi connectivity index (χ4n) is 3.34. The molecule has 1 N–H and O–H groups in total. The molecule has 0 heterocycles. The third-order valence-electron chi connectivity index (χ3n) is 4.91. The van der Waals surface area contributed by atoms with Gasteiger partial charge in [0.05, 0.1) is 5.92 Å². The predicted molar refractivity (Wildman–Crippen MR) is 102 cm³/mol. The van der Waals surface area contributed by atoms with Crippen LogP contribution < -0.4 is 5.32 Å². The van der Waals surface area contributed by atoms with E-state index >= 15 is 0 Å². The van der Waals surface area contributed by atoms with Crippen molar-refractivity contribution in [2.45, 2.75) is 45.6 Å². The lowest BCUT2D eigenvalue weighted by molar-refractivity contribution is -0.158. The van der Waals surface area contributed by atoms with Gasteiger partial charge in [0.2, 0.25) is 6.10 Å². The molecule has 0 spiro atoms. The highest BCUT2D eigenvalue weighted by molar-refractivity contribution is 5.96. The molecular weight excluding hydrogens is 326 g/mol. The summed E-state index contributed by atoms with van der Waals surface area (Å²) in [4.78, 5) is 25.4. The van der Waals surface area contributed by atoms with Crippen LogP contribution in [0.1, 0.15) is 48.5 Å². The van der Waals surface area contributed by atoms with Gasteiger partial charge in [-0.3, -0.25) is 9.59 Å². The molecule has 2 aromatic rings. The van der Waals surface area contributed by atoms with Gasteiger partial charge in [-0.2, -0.15) is 0 Å². The molecule has 1 atom stereocenters. The second-order valence-corrected chi connectivity index (χ2v) is 7.02. The number of hydrogen-bond acceptors (Lipinski definition) is 3. The number of nitrogens with one attached hydrogen (secondary N) is 1. The van der Waals surface area contributed by atoms with Gasteiger partial charge in [-0.15, -0.1) is 0 Å². The summed E-state index contributed by atoms with van der Waals surface area (Å²) < 4.78 is 5.67. The predicted octanol–water partition coefficient (Wildman–Crippen LogP) is 4.72. The molecule has 1 aliphatic carbocycles. The Morgan fingerprint density at radius 3 is 2.42 bits per heavy atom. The average Bonchev–Trinajstić information content (AvgIpc) is 3.18. The summed E-state index contributed by atoms with van der Waals surface area (Å²) in [5.74, 6) is -0.682. The number of esters is 1. The van der Waals surface area contributed by atoms with Crippen molar-refractivity contribution < 1.29 is 14.3 Å². The molecule has 4 nitrogen and oxygen atoms in total. The summed E-state index contributed by atoms with van der Waals surface area (Å²) in [5.41, 5.74) is 3.46. The summed E-state index contributed by atoms with van der Waals surface area (Å²) in [6.45, 7) is 3.92. The second kappa shape index (κ2) is 8.17. The van der Waals surface area contributed by atoms with E-state index in [1.54, 1.807) is 0 Å². The smallest absolute Gasteiger partial charge is 0.310 e. The fraction of sp³-hybridized carbons (Fsp3) is 0.364. The minimum atomic E-state index is -0.941. The molecule has 0 aromatic heterocycles. The molecule has 1 saturated carbocycles. The van der Waals surface area contributed by atoms with Crippen molar-refractivity contribution in [3.8, 4) is 0 Å². The van der Waals surface area contributed by atoms with Gasteiger partial charge in [-0.05, 0) is 43.9 Å². The molecule has 0 unspecified atom stereocenters. The zero-order chi connectivity index (χ0) is 18.5. The third-order valence-corrected chi connectivity index (χ3v) is 4.91. The quantitative estimate of drug-likeness (QED) is 0.793. The monoisotopic (exact) mass is 351 g/mol. The van der Waals surface area contributed by atoms with Crippen LogP contribution in [0.5, 0.6) is 0 Å². The summed E-state index contributed by atoms with van der Waals surface area (Å²) in [6.07, 6.45) is 2.84. The van der Waals surface area contributed by atoms with Crippen molar-refractivity contribution in [2.24, 2.45) is 5.92 Å². The van der Waals surface area contributed by atoms with Crippen molar-refractivity contribution in [1.29, 1.82) is 0 Å². The first-order chi connectivity index (χ1) is 12.5. The molecule has 1 aliphatic rings. The number of rotatable bonds is 5. The topological polar surface area (TPSA) is 55.4 Å². The summed E-state index contributed by atoms with van der Waals surface area (Å²) in [7, 11) is 0. The fourth-order valence-corrected chi connectivity index (χ4v) is 3.34. The number of hydrogen-bond donors (Lipinski definition) is 1. The number of carbonyl (C=O) groups is 2. The van der Waals surface area contributed by atoms with Crippen molar-refractivity contribution in [1.82, 2.24) is 0 Å². The van der Waals surface area contributed by atoms with Gasteiger partial charge in [-0.25, -0.2) is 0 Å². The molecule has 0 aliphatic heterocycles. The maximum Gasteiger partial charge on any atom is 0.310 e. The van der Waals surface area contributed by atoms with Crippen LogP contribution in [0.15, 0.2) is 48.5 Å². The van der Waals surface area contributed by atoms with Crippen LogP contribution in [0.2, 0.25) is 0 Å². The van der Waals surface area contributed by atoms with Gasteiger partial charge >= 0.3 is 5.97 Å². The van der Waals surface area contributed by atoms with Gasteiger partial charge in [0.25, 0.3) is 5.91 Å². The van der Waals surface area contributed by atoms with Crippen LogP contribution in [0.4, 0.5) is 5.69 Å². The van der Waals surface area contributed by atoms with E-state index in [0.717, 1.165) is 42.5 Å². The Labute approximate surface area is 154 Å². The van der Waals surface area contributed by atoms with Crippen molar-refractivity contribution in [3.05, 3.63) is 65.2 Å². The first-order valence-electron chi connectivity index (χ1n) is 9.18. The number of benzene rings is 2. The van der Waals surface area contributed by atoms with Crippen LogP contribution in [0.25, 0.3) is 0 Å². The number of anilines is 1. The van der Waals surface area contributed by atoms with Gasteiger partial charge in [0, 0.05) is 11.3 Å². The zero-order valence-electron chi connectivity index (χ0n) is 15.3. The van der Waals surface area contributed by atoms with E-state index in [-0.39, 0.29) is 17.8 Å². The Bertz CT molecular complexity index is 779. The van der Waals surface area contributed by atoms with Crippen LogP contribution in [0, 0.1) is 19.8 Å². The van der Waals surface area contributed by atoms with Crippen LogP contribution in [-0.2, 0) is 14.3 Å². The molecule has 1 fully saturated rings. The molecule has 3 rings (SSSR count). The number of ether oxygens (including phenoxy) is 1. The highest BCUT2D eigenvalue weighted by Gasteiger charge is 2.30. The maximum absolute atomic E-state index is 12.9. The number of carbonyl (C=O) groups excluding carboxylic acids is 2. The van der Waals surface area contributed by atoms with Crippen molar-refractivity contribution in [3.63, 3.8) is 0 Å². The molecule has 2 aromatic carbocycles. The zero-order valence-corrected chi connectivity index (χ0v) is 15.3. The summed E-state index contributed by atoms with van der Waals surface area (Å²) >= 11 is 0. The summed E-state index contributed by atoms with van der Waals surface area (Å²) in [6, 6.07) is 15.1. The van der Waals surface area contributed by atoms with Gasteiger partial charge < -0.3 is 10.1 Å². The number of aryl methyl sites for hydroxylation is 2. The molecule has 26 heavy (non-hydrogen) atoms. The van der Waals surface area contributed by atoms with E-state index < -0.39 is 6.10 Å².